The van der Waals surface area contributed by atoms with Crippen LogP contribution in [0.25, 0.3) is 0 Å². The second-order valence-corrected chi connectivity index (χ2v) is 9.51. The summed E-state index contributed by atoms with van der Waals surface area (Å²) in [6.07, 6.45) is 0. The van der Waals surface area contributed by atoms with E-state index in [1.165, 1.54) is 5.56 Å². The summed E-state index contributed by atoms with van der Waals surface area (Å²) < 4.78 is 0. The quantitative estimate of drug-likeness (QED) is 0.604. The van der Waals surface area contributed by atoms with Crippen molar-refractivity contribution in [3.8, 4) is 0 Å². The normalized spacial score (nSPS) is 11.8. The third-order valence-electron chi connectivity index (χ3n) is 3.50. The lowest BCUT2D eigenvalue weighted by Gasteiger charge is -2.29. The highest BCUT2D eigenvalue weighted by molar-refractivity contribution is 8.09. The Morgan fingerprint density at radius 2 is 1.52 bits per heavy atom. The van der Waals surface area contributed by atoms with Gasteiger partial charge < -0.3 is 4.90 Å². The molecular weight excluding hydrogens is 320 g/mol. The van der Waals surface area contributed by atoms with Crippen LogP contribution in [-0.2, 0) is 5.41 Å². The van der Waals surface area contributed by atoms with Crippen LogP contribution in [0.1, 0.15) is 26.3 Å². The van der Waals surface area contributed by atoms with E-state index < -0.39 is 6.63 Å². The van der Waals surface area contributed by atoms with E-state index >= 15 is 0 Å². The molecule has 1 nitrogen and oxygen atoms in total. The monoisotopic (exact) mass is 339 g/mol. The molecule has 112 valence electrons. The van der Waals surface area contributed by atoms with Gasteiger partial charge in [0.15, 0.2) is 0 Å². The maximum Gasteiger partial charge on any atom is 0.119 e. The molecule has 0 atom stereocenters. The van der Waals surface area contributed by atoms with E-state index in [0.29, 0.717) is 0 Å². The van der Waals surface area contributed by atoms with Crippen molar-refractivity contribution in [2.45, 2.75) is 26.2 Å². The lowest BCUT2D eigenvalue weighted by Crippen LogP contribution is -2.25. The van der Waals surface area contributed by atoms with Gasteiger partial charge in [-0.15, -0.1) is 0 Å². The minimum Gasteiger partial charge on any atom is -0.344 e. The van der Waals surface area contributed by atoms with E-state index in [9.17, 15) is 0 Å². The predicted molar refractivity (Wildman–Crippen MR) is 97.9 cm³/mol. The van der Waals surface area contributed by atoms with Crippen LogP contribution in [0.15, 0.2) is 48.5 Å². The number of nitrogens with zero attached hydrogens (tertiary/aromatic N) is 1. The fraction of sp³-hybridized carbons (Fsp3) is 0.294. The number of hydrogen-bond donors (Lipinski definition) is 0. The summed E-state index contributed by atoms with van der Waals surface area (Å²) >= 11 is 12.7. The smallest absolute Gasteiger partial charge is 0.119 e. The fourth-order valence-corrected chi connectivity index (χ4v) is 4.43. The van der Waals surface area contributed by atoms with Crippen molar-refractivity contribution in [3.05, 3.63) is 54.1 Å². The average Bonchev–Trinajstić information content (AvgIpc) is 2.45. The number of rotatable bonds is 3. The molecule has 21 heavy (non-hydrogen) atoms. The molecular formula is C17H20Cl2NP. The van der Waals surface area contributed by atoms with Crippen molar-refractivity contribution in [2.24, 2.45) is 0 Å². The zero-order valence-electron chi connectivity index (χ0n) is 12.8. The fourth-order valence-electron chi connectivity index (χ4n) is 2.38. The zero-order valence-corrected chi connectivity index (χ0v) is 15.2. The van der Waals surface area contributed by atoms with E-state index in [1.54, 1.807) is 0 Å². The van der Waals surface area contributed by atoms with E-state index in [2.05, 4.69) is 56.0 Å². The summed E-state index contributed by atoms with van der Waals surface area (Å²) in [5.74, 6) is 0. The Balaban J connectivity index is 2.59. The Morgan fingerprint density at radius 3 is 2.05 bits per heavy atom. The van der Waals surface area contributed by atoms with Crippen molar-refractivity contribution >= 4 is 45.8 Å². The minimum atomic E-state index is -1.22. The van der Waals surface area contributed by atoms with Gasteiger partial charge in [-0.2, -0.15) is 0 Å². The summed E-state index contributed by atoms with van der Waals surface area (Å²) in [6.45, 7) is 5.33. The molecule has 0 aliphatic heterocycles. The van der Waals surface area contributed by atoms with Gasteiger partial charge in [0.05, 0.1) is 5.69 Å². The first-order valence-electron chi connectivity index (χ1n) is 6.86. The number of anilines is 2. The van der Waals surface area contributed by atoms with E-state index in [-0.39, 0.29) is 5.41 Å². The second-order valence-electron chi connectivity index (χ2n) is 6.05. The third-order valence-corrected chi connectivity index (χ3v) is 5.32. The van der Waals surface area contributed by atoms with Gasteiger partial charge in [0.1, 0.15) is 6.63 Å². The number of halogens is 2. The van der Waals surface area contributed by atoms with Crippen molar-refractivity contribution in [3.63, 3.8) is 0 Å². The van der Waals surface area contributed by atoms with Crippen molar-refractivity contribution in [1.29, 1.82) is 0 Å². The Hall–Kier alpha value is -0.750. The van der Waals surface area contributed by atoms with E-state index in [4.69, 9.17) is 22.5 Å². The van der Waals surface area contributed by atoms with Gasteiger partial charge in [0, 0.05) is 18.0 Å². The lowest BCUT2D eigenvalue weighted by atomic mass is 9.86. The van der Waals surface area contributed by atoms with Crippen LogP contribution in [0.3, 0.4) is 0 Å². The minimum absolute atomic E-state index is 0.00718. The SMILES string of the molecule is CN(c1ccccc1)c1cccc(C(C)(C)C)c1P(Cl)Cl. The molecule has 0 aromatic heterocycles. The molecule has 0 amide bonds. The second kappa shape index (κ2) is 6.57. The van der Waals surface area contributed by atoms with Crippen LogP contribution in [0, 0.1) is 0 Å². The molecule has 0 saturated carbocycles. The molecule has 0 fully saturated rings. The Morgan fingerprint density at radius 1 is 0.905 bits per heavy atom. The average molecular weight is 340 g/mol. The number of benzene rings is 2. The summed E-state index contributed by atoms with van der Waals surface area (Å²) in [7, 11) is 2.05. The van der Waals surface area contributed by atoms with Crippen LogP contribution >= 0.6 is 29.1 Å². The molecule has 0 aliphatic rings. The van der Waals surface area contributed by atoms with Gasteiger partial charge in [-0.1, -0.05) is 73.6 Å². The highest BCUT2D eigenvalue weighted by atomic mass is 35.9. The molecule has 2 aromatic rings. The van der Waals surface area contributed by atoms with Crippen molar-refractivity contribution < 1.29 is 0 Å². The predicted octanol–water partition coefficient (Wildman–Crippen LogP) is 6.17. The third kappa shape index (κ3) is 3.72. The van der Waals surface area contributed by atoms with Crippen LogP contribution < -0.4 is 10.2 Å². The maximum atomic E-state index is 6.35. The Bertz CT molecular complexity index is 606. The van der Waals surface area contributed by atoms with E-state index in [0.717, 1.165) is 16.7 Å². The number of para-hydroxylation sites is 1. The molecule has 0 radical (unpaired) electrons. The highest BCUT2D eigenvalue weighted by Crippen LogP contribution is 2.50. The molecule has 0 bridgehead atoms. The van der Waals surface area contributed by atoms with Gasteiger partial charge in [-0.3, -0.25) is 0 Å². The summed E-state index contributed by atoms with van der Waals surface area (Å²) in [5.41, 5.74) is 3.41. The van der Waals surface area contributed by atoms with Gasteiger partial charge in [-0.25, -0.2) is 0 Å². The highest BCUT2D eigenvalue weighted by Gasteiger charge is 2.25. The topological polar surface area (TPSA) is 3.24 Å². The van der Waals surface area contributed by atoms with E-state index in [1.807, 2.05) is 25.2 Å². The van der Waals surface area contributed by atoms with Crippen LogP contribution in [-0.4, -0.2) is 7.05 Å². The summed E-state index contributed by atoms with van der Waals surface area (Å²) in [6, 6.07) is 16.5. The number of hydrogen-bond acceptors (Lipinski definition) is 1. The molecule has 0 saturated heterocycles. The van der Waals surface area contributed by atoms with Crippen LogP contribution in [0.5, 0.6) is 0 Å². The lowest BCUT2D eigenvalue weighted by molar-refractivity contribution is 0.594. The maximum absolute atomic E-state index is 6.35. The molecule has 0 unspecified atom stereocenters. The standard InChI is InChI=1S/C17H20Cl2NP/c1-17(2,3)14-11-8-12-15(16(14)21(18)19)20(4)13-9-6-5-7-10-13/h5-12H,1-4H3. The van der Waals surface area contributed by atoms with Gasteiger partial charge >= 0.3 is 0 Å². The molecule has 4 heteroatoms. The van der Waals surface area contributed by atoms with Gasteiger partial charge in [0.25, 0.3) is 0 Å². The molecule has 0 aliphatic carbocycles. The first kappa shape index (κ1) is 16.6. The molecule has 0 spiro atoms. The summed E-state index contributed by atoms with van der Waals surface area (Å²) in [5, 5.41) is 1.05. The molecule has 2 rings (SSSR count). The van der Waals surface area contributed by atoms with Gasteiger partial charge in [-0.05, 0) is 29.2 Å². The zero-order chi connectivity index (χ0) is 15.6. The molecule has 2 aromatic carbocycles. The molecule has 0 N–H and O–H groups in total. The summed E-state index contributed by atoms with van der Waals surface area (Å²) in [4.78, 5) is 2.14. The van der Waals surface area contributed by atoms with Crippen molar-refractivity contribution in [1.82, 2.24) is 0 Å². The van der Waals surface area contributed by atoms with Crippen LogP contribution in [0.4, 0.5) is 11.4 Å². The van der Waals surface area contributed by atoms with Crippen molar-refractivity contribution in [2.75, 3.05) is 11.9 Å². The first-order chi connectivity index (χ1) is 9.82. The largest absolute Gasteiger partial charge is 0.344 e. The van der Waals surface area contributed by atoms with Crippen LogP contribution in [0.2, 0.25) is 0 Å². The first-order valence-corrected chi connectivity index (χ1v) is 10.0. The Labute approximate surface area is 138 Å². The molecule has 0 heterocycles. The van der Waals surface area contributed by atoms with Gasteiger partial charge in [0.2, 0.25) is 0 Å². The Kier molecular flexibility index (Phi) is 5.20.